The van der Waals surface area contributed by atoms with Gasteiger partial charge in [0.1, 0.15) is 5.75 Å². The van der Waals surface area contributed by atoms with E-state index >= 15 is 0 Å². The van der Waals surface area contributed by atoms with Crippen molar-refractivity contribution in [1.29, 1.82) is 0 Å². The molecule has 2 heterocycles. The lowest BCUT2D eigenvalue weighted by Crippen LogP contribution is -2.44. The molecule has 0 aromatic heterocycles. The summed E-state index contributed by atoms with van der Waals surface area (Å²) in [4.78, 5) is 41.7. The molecule has 0 radical (unpaired) electrons. The molecule has 2 fully saturated rings. The molecule has 0 saturated carbocycles. The zero-order chi connectivity index (χ0) is 22.7. The molecular weight excluding hydrogens is 430 g/mol. The van der Waals surface area contributed by atoms with Gasteiger partial charge < -0.3 is 19.9 Å². The van der Waals surface area contributed by atoms with Crippen LogP contribution in [0.5, 0.6) is 5.75 Å². The topological polar surface area (TPSA) is 79.0 Å². The minimum atomic E-state index is -0.344. The van der Waals surface area contributed by atoms with Crippen LogP contribution in [0.15, 0.2) is 48.5 Å². The Hall–Kier alpha value is -3.06. The predicted molar refractivity (Wildman–Crippen MR) is 123 cm³/mol. The largest absolute Gasteiger partial charge is 0.495 e. The first-order chi connectivity index (χ1) is 15.5. The van der Waals surface area contributed by atoms with E-state index in [1.807, 2.05) is 30.3 Å². The summed E-state index contributed by atoms with van der Waals surface area (Å²) in [5.74, 6) is -0.141. The maximum absolute atomic E-state index is 13.0. The molecule has 0 spiro atoms. The summed E-state index contributed by atoms with van der Waals surface area (Å²) in [5, 5.41) is 3.41. The van der Waals surface area contributed by atoms with Gasteiger partial charge in [-0.2, -0.15) is 0 Å². The number of methoxy groups -OCH3 is 1. The van der Waals surface area contributed by atoms with Crippen LogP contribution in [0.3, 0.4) is 0 Å². The summed E-state index contributed by atoms with van der Waals surface area (Å²) < 4.78 is 5.29. The number of rotatable bonds is 5. The van der Waals surface area contributed by atoms with Crippen LogP contribution in [0, 0.1) is 11.8 Å². The zero-order valence-corrected chi connectivity index (χ0v) is 18.7. The van der Waals surface area contributed by atoms with Crippen LogP contribution >= 0.6 is 11.6 Å². The second-order valence-electron chi connectivity index (χ2n) is 8.17. The maximum atomic E-state index is 13.0. The van der Waals surface area contributed by atoms with Crippen molar-refractivity contribution < 1.29 is 19.1 Å². The van der Waals surface area contributed by atoms with Gasteiger partial charge in [0.2, 0.25) is 17.7 Å². The molecule has 7 nitrogen and oxygen atoms in total. The number of hydrogen-bond donors (Lipinski definition) is 1. The molecule has 32 heavy (non-hydrogen) atoms. The van der Waals surface area contributed by atoms with Gasteiger partial charge in [-0.05, 0) is 43.2 Å². The normalized spacial score (nSPS) is 19.2. The van der Waals surface area contributed by atoms with Crippen molar-refractivity contribution in [3.05, 3.63) is 53.6 Å². The van der Waals surface area contributed by atoms with Gasteiger partial charge in [-0.15, -0.1) is 0 Å². The summed E-state index contributed by atoms with van der Waals surface area (Å²) in [6, 6.07) is 14.5. The van der Waals surface area contributed by atoms with Crippen LogP contribution in [0.25, 0.3) is 0 Å². The van der Waals surface area contributed by atoms with E-state index in [2.05, 4.69) is 5.32 Å². The number of para-hydroxylation sites is 1. The summed E-state index contributed by atoms with van der Waals surface area (Å²) in [5.41, 5.74) is 1.36. The van der Waals surface area contributed by atoms with E-state index in [4.69, 9.17) is 16.3 Å². The standard InChI is InChI=1S/C24H26ClN3O4/c1-32-21-8-7-18(25)14-20(21)26-23(30)16-9-11-27(12-10-16)24(31)17-13-22(29)28(15-17)19-5-3-2-4-6-19/h2-8,14,16-17H,9-13,15H2,1H3,(H,26,30). The number of piperidine rings is 1. The van der Waals surface area contributed by atoms with Crippen molar-refractivity contribution in [2.75, 3.05) is 37.0 Å². The molecule has 2 aromatic rings. The van der Waals surface area contributed by atoms with E-state index in [0.717, 1.165) is 5.69 Å². The second-order valence-corrected chi connectivity index (χ2v) is 8.61. The average molecular weight is 456 g/mol. The highest BCUT2D eigenvalue weighted by molar-refractivity contribution is 6.31. The number of likely N-dealkylation sites (tertiary alicyclic amines) is 1. The summed E-state index contributed by atoms with van der Waals surface area (Å²) in [7, 11) is 1.54. The van der Waals surface area contributed by atoms with E-state index in [0.29, 0.717) is 48.9 Å². The minimum absolute atomic E-state index is 0.00727. The van der Waals surface area contributed by atoms with Gasteiger partial charge in [-0.1, -0.05) is 29.8 Å². The van der Waals surface area contributed by atoms with Crippen LogP contribution in [0.2, 0.25) is 5.02 Å². The van der Waals surface area contributed by atoms with E-state index in [1.54, 1.807) is 28.0 Å². The third-order valence-corrected chi connectivity index (χ3v) is 6.37. The number of nitrogens with one attached hydrogen (secondary N) is 1. The first kappa shape index (κ1) is 22.1. The molecule has 1 unspecified atom stereocenters. The first-order valence-corrected chi connectivity index (χ1v) is 11.1. The van der Waals surface area contributed by atoms with E-state index in [9.17, 15) is 14.4 Å². The highest BCUT2D eigenvalue weighted by Gasteiger charge is 2.38. The number of benzene rings is 2. The smallest absolute Gasteiger partial charge is 0.228 e. The Labute approximate surface area is 192 Å². The van der Waals surface area contributed by atoms with E-state index in [-0.39, 0.29) is 36.0 Å². The lowest BCUT2D eigenvalue weighted by Gasteiger charge is -2.33. The number of anilines is 2. The van der Waals surface area contributed by atoms with Crippen molar-refractivity contribution in [3.63, 3.8) is 0 Å². The molecule has 8 heteroatoms. The fourth-order valence-electron chi connectivity index (χ4n) is 4.36. The number of hydrogen-bond acceptors (Lipinski definition) is 4. The van der Waals surface area contributed by atoms with Crippen molar-refractivity contribution in [2.45, 2.75) is 19.3 Å². The Morgan fingerprint density at radius 3 is 2.47 bits per heavy atom. The maximum Gasteiger partial charge on any atom is 0.228 e. The molecule has 168 valence electrons. The number of nitrogens with zero attached hydrogens (tertiary/aromatic N) is 2. The molecule has 2 aliphatic heterocycles. The SMILES string of the molecule is COc1ccc(Cl)cc1NC(=O)C1CCN(C(=O)C2CC(=O)N(c3ccccc3)C2)CC1. The molecule has 3 amide bonds. The molecule has 0 aliphatic carbocycles. The number of ether oxygens (including phenoxy) is 1. The highest BCUT2D eigenvalue weighted by Crippen LogP contribution is 2.30. The van der Waals surface area contributed by atoms with Crippen LogP contribution in [-0.2, 0) is 14.4 Å². The number of carbonyl (C=O) groups is 3. The number of halogens is 1. The Kier molecular flexibility index (Phi) is 6.65. The second kappa shape index (κ2) is 9.61. The third-order valence-electron chi connectivity index (χ3n) is 6.14. The number of carbonyl (C=O) groups excluding carboxylic acids is 3. The van der Waals surface area contributed by atoms with Crippen molar-refractivity contribution in [2.24, 2.45) is 11.8 Å². The number of amides is 3. The summed E-state index contributed by atoms with van der Waals surface area (Å²) in [6.45, 7) is 1.40. The molecular formula is C24H26ClN3O4. The Morgan fingerprint density at radius 2 is 1.78 bits per heavy atom. The fourth-order valence-corrected chi connectivity index (χ4v) is 4.54. The molecule has 1 N–H and O–H groups in total. The van der Waals surface area contributed by atoms with Crippen molar-refractivity contribution >= 4 is 40.7 Å². The summed E-state index contributed by atoms with van der Waals surface area (Å²) >= 11 is 6.04. The molecule has 4 rings (SSSR count). The Balaban J connectivity index is 1.32. The zero-order valence-electron chi connectivity index (χ0n) is 17.9. The van der Waals surface area contributed by atoms with Gasteiger partial charge in [0.25, 0.3) is 0 Å². The monoisotopic (exact) mass is 455 g/mol. The molecule has 2 saturated heterocycles. The van der Waals surface area contributed by atoms with Gasteiger partial charge in [0, 0.05) is 42.7 Å². The molecule has 0 bridgehead atoms. The molecule has 1 atom stereocenters. The average Bonchev–Trinajstić information content (AvgIpc) is 3.21. The van der Waals surface area contributed by atoms with Crippen LogP contribution in [0.4, 0.5) is 11.4 Å². The Bertz CT molecular complexity index is 1010. The van der Waals surface area contributed by atoms with Gasteiger partial charge >= 0.3 is 0 Å². The fraction of sp³-hybridized carbons (Fsp3) is 0.375. The van der Waals surface area contributed by atoms with Gasteiger partial charge in [-0.25, -0.2) is 0 Å². The summed E-state index contributed by atoms with van der Waals surface area (Å²) in [6.07, 6.45) is 1.37. The van der Waals surface area contributed by atoms with Crippen LogP contribution < -0.4 is 15.0 Å². The van der Waals surface area contributed by atoms with E-state index < -0.39 is 0 Å². The van der Waals surface area contributed by atoms with Gasteiger partial charge in [0.15, 0.2) is 0 Å². The molecule has 2 aromatic carbocycles. The first-order valence-electron chi connectivity index (χ1n) is 10.7. The predicted octanol–water partition coefficient (Wildman–Crippen LogP) is 3.58. The Morgan fingerprint density at radius 1 is 1.06 bits per heavy atom. The lowest BCUT2D eigenvalue weighted by atomic mass is 9.94. The third kappa shape index (κ3) is 4.72. The van der Waals surface area contributed by atoms with Crippen molar-refractivity contribution in [1.82, 2.24) is 4.90 Å². The van der Waals surface area contributed by atoms with E-state index in [1.165, 1.54) is 7.11 Å². The van der Waals surface area contributed by atoms with Crippen LogP contribution in [-0.4, -0.2) is 49.4 Å². The molecule has 2 aliphatic rings. The van der Waals surface area contributed by atoms with Crippen molar-refractivity contribution in [3.8, 4) is 5.75 Å². The highest BCUT2D eigenvalue weighted by atomic mass is 35.5. The quantitative estimate of drug-likeness (QED) is 0.747. The van der Waals surface area contributed by atoms with Crippen LogP contribution in [0.1, 0.15) is 19.3 Å². The minimum Gasteiger partial charge on any atom is -0.495 e. The van der Waals surface area contributed by atoms with Gasteiger partial charge in [0.05, 0.1) is 18.7 Å². The lowest BCUT2D eigenvalue weighted by molar-refractivity contribution is -0.138. The van der Waals surface area contributed by atoms with Gasteiger partial charge in [-0.3, -0.25) is 14.4 Å².